The summed E-state index contributed by atoms with van der Waals surface area (Å²) in [5.41, 5.74) is 1.43. The molecule has 8 heteroatoms. The molecule has 0 saturated carbocycles. The average molecular weight is 443 g/mol. The number of piperidine rings is 1. The molecule has 1 N–H and O–H groups in total. The molecule has 0 aliphatic carbocycles. The minimum Gasteiger partial charge on any atom is -0.491 e. The molecule has 2 heterocycles. The first-order chi connectivity index (χ1) is 15.3. The van der Waals surface area contributed by atoms with Crippen molar-refractivity contribution in [1.29, 1.82) is 0 Å². The quantitative estimate of drug-likeness (QED) is 0.585. The molecule has 0 unspecified atom stereocenters. The number of likely N-dealkylation sites (tertiary alicyclic amines) is 1. The van der Waals surface area contributed by atoms with Crippen molar-refractivity contribution in [3.8, 4) is 11.5 Å². The van der Waals surface area contributed by atoms with Gasteiger partial charge in [-0.1, -0.05) is 0 Å². The smallest absolute Gasteiger partial charge is 0.356 e. The number of nitrogens with one attached hydrogen (secondary N) is 1. The second kappa shape index (κ2) is 11.1. The van der Waals surface area contributed by atoms with E-state index < -0.39 is 5.97 Å². The predicted molar refractivity (Wildman–Crippen MR) is 123 cm³/mol. The fourth-order valence-electron chi connectivity index (χ4n) is 3.73. The first kappa shape index (κ1) is 23.8. The zero-order chi connectivity index (χ0) is 23.1. The Bertz CT molecular complexity index is 867. The Morgan fingerprint density at radius 1 is 1.09 bits per heavy atom. The molecule has 0 bridgehead atoms. The summed E-state index contributed by atoms with van der Waals surface area (Å²) in [6.45, 7) is 10.8. The number of esters is 1. The van der Waals surface area contributed by atoms with E-state index >= 15 is 0 Å². The third-order valence-corrected chi connectivity index (χ3v) is 5.06. The maximum atomic E-state index is 11.7. The van der Waals surface area contributed by atoms with E-state index in [1.807, 2.05) is 33.8 Å². The van der Waals surface area contributed by atoms with Gasteiger partial charge >= 0.3 is 5.97 Å². The molecule has 0 atom stereocenters. The van der Waals surface area contributed by atoms with Crippen LogP contribution in [0, 0.1) is 0 Å². The molecule has 3 rings (SSSR count). The minimum absolute atomic E-state index is 0.110. The number of hydrogen-bond donors (Lipinski definition) is 1. The Hall–Kier alpha value is -2.87. The molecule has 1 fully saturated rings. The Labute approximate surface area is 190 Å². The van der Waals surface area contributed by atoms with E-state index in [2.05, 4.69) is 32.3 Å². The van der Waals surface area contributed by atoms with Crippen LogP contribution in [-0.4, -0.2) is 59.3 Å². The summed E-state index contributed by atoms with van der Waals surface area (Å²) < 4.78 is 16.6. The van der Waals surface area contributed by atoms with Crippen LogP contribution < -0.4 is 14.8 Å². The number of carbonyl (C=O) groups is 1. The molecular formula is C24H34N4O4. The maximum absolute atomic E-state index is 11.7. The molecule has 174 valence electrons. The largest absolute Gasteiger partial charge is 0.491 e. The Kier molecular flexibility index (Phi) is 8.27. The van der Waals surface area contributed by atoms with E-state index in [0.717, 1.165) is 44.0 Å². The lowest BCUT2D eigenvalue weighted by Gasteiger charge is -2.32. The van der Waals surface area contributed by atoms with Crippen LogP contribution in [0.4, 0.5) is 5.95 Å². The summed E-state index contributed by atoms with van der Waals surface area (Å²) in [7, 11) is 1.34. The highest BCUT2D eigenvalue weighted by Gasteiger charge is 2.21. The lowest BCUT2D eigenvalue weighted by Crippen LogP contribution is -2.39. The van der Waals surface area contributed by atoms with Gasteiger partial charge in [0, 0.05) is 37.9 Å². The van der Waals surface area contributed by atoms with Gasteiger partial charge in [0.05, 0.1) is 19.3 Å². The van der Waals surface area contributed by atoms with Crippen LogP contribution >= 0.6 is 0 Å². The molecule has 1 aliphatic rings. The highest BCUT2D eigenvalue weighted by molar-refractivity contribution is 5.87. The number of aromatic nitrogens is 2. The van der Waals surface area contributed by atoms with Gasteiger partial charge in [0.2, 0.25) is 5.95 Å². The lowest BCUT2D eigenvalue weighted by atomic mass is 10.0. The van der Waals surface area contributed by atoms with E-state index in [1.54, 1.807) is 12.3 Å². The summed E-state index contributed by atoms with van der Waals surface area (Å²) in [5, 5.41) is 3.35. The molecule has 32 heavy (non-hydrogen) atoms. The second-order valence-corrected chi connectivity index (χ2v) is 8.60. The maximum Gasteiger partial charge on any atom is 0.356 e. The third kappa shape index (κ3) is 7.09. The number of methoxy groups -OCH3 is 1. The van der Waals surface area contributed by atoms with Crippen molar-refractivity contribution in [2.45, 2.75) is 65.3 Å². The number of hydrogen-bond acceptors (Lipinski definition) is 8. The molecule has 0 spiro atoms. The van der Waals surface area contributed by atoms with Gasteiger partial charge in [-0.2, -0.15) is 0 Å². The van der Waals surface area contributed by atoms with Crippen molar-refractivity contribution in [2.75, 3.05) is 25.5 Å². The lowest BCUT2D eigenvalue weighted by molar-refractivity contribution is 0.0594. The molecule has 1 aromatic carbocycles. The van der Waals surface area contributed by atoms with Crippen molar-refractivity contribution in [2.24, 2.45) is 0 Å². The summed E-state index contributed by atoms with van der Waals surface area (Å²) in [6, 6.07) is 7.97. The highest BCUT2D eigenvalue weighted by atomic mass is 16.5. The van der Waals surface area contributed by atoms with Crippen LogP contribution in [-0.2, 0) is 11.3 Å². The fourth-order valence-corrected chi connectivity index (χ4v) is 3.73. The second-order valence-electron chi connectivity index (χ2n) is 8.60. The topological polar surface area (TPSA) is 85.8 Å². The van der Waals surface area contributed by atoms with E-state index in [9.17, 15) is 4.79 Å². The number of nitrogens with zero attached hydrogens (tertiary/aromatic N) is 3. The van der Waals surface area contributed by atoms with Crippen molar-refractivity contribution < 1.29 is 19.0 Å². The van der Waals surface area contributed by atoms with E-state index in [4.69, 9.17) is 14.2 Å². The summed E-state index contributed by atoms with van der Waals surface area (Å²) >= 11 is 0. The van der Waals surface area contributed by atoms with Gasteiger partial charge in [0.1, 0.15) is 11.5 Å². The minimum atomic E-state index is -0.463. The van der Waals surface area contributed by atoms with E-state index in [0.29, 0.717) is 5.95 Å². The Morgan fingerprint density at radius 3 is 2.28 bits per heavy atom. The summed E-state index contributed by atoms with van der Waals surface area (Å²) in [5.74, 6) is 1.68. The van der Waals surface area contributed by atoms with Gasteiger partial charge in [0.15, 0.2) is 5.69 Å². The first-order valence-electron chi connectivity index (χ1n) is 11.2. The number of carbonyl (C=O) groups excluding carboxylic acids is 1. The van der Waals surface area contributed by atoms with E-state index in [-0.39, 0.29) is 23.9 Å². The number of ether oxygens (including phenoxy) is 3. The van der Waals surface area contributed by atoms with Crippen LogP contribution in [0.1, 0.15) is 56.6 Å². The van der Waals surface area contributed by atoms with Crippen molar-refractivity contribution in [3.63, 3.8) is 0 Å². The van der Waals surface area contributed by atoms with Gasteiger partial charge in [-0.3, -0.25) is 4.90 Å². The van der Waals surface area contributed by atoms with Crippen molar-refractivity contribution >= 4 is 11.9 Å². The molecule has 0 radical (unpaired) electrons. The fraction of sp³-hybridized carbons (Fsp3) is 0.542. The van der Waals surface area contributed by atoms with Crippen LogP contribution in [0.25, 0.3) is 0 Å². The van der Waals surface area contributed by atoms with Gasteiger partial charge < -0.3 is 19.5 Å². The molecule has 8 nitrogen and oxygen atoms in total. The SMILES string of the molecule is COC(=O)c1ccnc(NC2CCN(Cc3cc(OC(C)C)cc(OC(C)C)c3)CC2)n1. The number of rotatable bonds is 9. The van der Waals surface area contributed by atoms with Crippen molar-refractivity contribution in [1.82, 2.24) is 14.9 Å². The molecule has 1 saturated heterocycles. The Balaban J connectivity index is 1.58. The molecular weight excluding hydrogens is 408 g/mol. The molecule has 0 amide bonds. The van der Waals surface area contributed by atoms with Crippen LogP contribution in [0.5, 0.6) is 11.5 Å². The van der Waals surface area contributed by atoms with Crippen molar-refractivity contribution in [3.05, 3.63) is 41.7 Å². The zero-order valence-electron chi connectivity index (χ0n) is 19.6. The summed E-state index contributed by atoms with van der Waals surface area (Å²) in [6.07, 6.45) is 3.71. The van der Waals surface area contributed by atoms with Gasteiger partial charge in [-0.15, -0.1) is 0 Å². The highest BCUT2D eigenvalue weighted by Crippen LogP contribution is 2.26. The predicted octanol–water partition coefficient (Wildman–Crippen LogP) is 3.91. The summed E-state index contributed by atoms with van der Waals surface area (Å²) in [4.78, 5) is 22.6. The number of anilines is 1. The monoisotopic (exact) mass is 442 g/mol. The van der Waals surface area contributed by atoms with Gasteiger partial charge in [0.25, 0.3) is 0 Å². The zero-order valence-corrected chi connectivity index (χ0v) is 19.6. The number of benzene rings is 1. The molecule has 1 aliphatic heterocycles. The van der Waals surface area contributed by atoms with Gasteiger partial charge in [-0.25, -0.2) is 14.8 Å². The van der Waals surface area contributed by atoms with E-state index in [1.165, 1.54) is 12.7 Å². The standard InChI is InChI=1S/C24H34N4O4/c1-16(2)31-20-12-18(13-21(14-20)32-17(3)4)15-28-10-7-19(8-11-28)26-24-25-9-6-22(27-24)23(29)30-5/h6,9,12-14,16-17,19H,7-8,10-11,15H2,1-5H3,(H,25,26,27). The normalized spacial score (nSPS) is 15.1. The average Bonchev–Trinajstić information content (AvgIpc) is 2.73. The van der Waals surface area contributed by atoms with Crippen LogP contribution in [0.2, 0.25) is 0 Å². The third-order valence-electron chi connectivity index (χ3n) is 5.06. The molecule has 1 aromatic heterocycles. The first-order valence-corrected chi connectivity index (χ1v) is 11.2. The molecule has 2 aromatic rings. The van der Waals surface area contributed by atoms with Crippen LogP contribution in [0.15, 0.2) is 30.5 Å². The van der Waals surface area contributed by atoms with Crippen LogP contribution in [0.3, 0.4) is 0 Å². The Morgan fingerprint density at radius 2 is 1.72 bits per heavy atom. The van der Waals surface area contributed by atoms with Gasteiger partial charge in [-0.05, 0) is 64.3 Å².